The predicted octanol–water partition coefficient (Wildman–Crippen LogP) is 3.08. The molecule has 2 atom stereocenters. The van der Waals surface area contributed by atoms with Crippen molar-refractivity contribution in [2.24, 2.45) is 17.8 Å². The predicted molar refractivity (Wildman–Crippen MR) is 129 cm³/mol. The van der Waals surface area contributed by atoms with Gasteiger partial charge in [0.15, 0.2) is 5.82 Å². The summed E-state index contributed by atoms with van der Waals surface area (Å²) in [6.07, 6.45) is 4.53. The lowest BCUT2D eigenvalue weighted by molar-refractivity contribution is -0.134. The average molecular weight is 503 g/mol. The van der Waals surface area contributed by atoms with Crippen LogP contribution in [-0.2, 0) is 27.3 Å². The summed E-state index contributed by atoms with van der Waals surface area (Å²) in [6.45, 7) is 5.01. The molecule has 36 heavy (non-hydrogen) atoms. The van der Waals surface area contributed by atoms with Crippen LogP contribution in [0.5, 0.6) is 5.75 Å². The first kappa shape index (κ1) is 25.0. The smallest absolute Gasteiger partial charge is 0.324 e. The quantitative estimate of drug-likeness (QED) is 0.490. The van der Waals surface area contributed by atoms with Crippen LogP contribution in [0.3, 0.4) is 0 Å². The van der Waals surface area contributed by atoms with Gasteiger partial charge in [0.25, 0.3) is 0 Å². The van der Waals surface area contributed by atoms with Crippen molar-refractivity contribution in [1.29, 1.82) is 0 Å². The lowest BCUT2D eigenvalue weighted by Gasteiger charge is -2.30. The minimum Gasteiger partial charge on any atom is -0.493 e. The second-order valence-electron chi connectivity index (χ2n) is 9.97. The first-order valence-electron chi connectivity index (χ1n) is 12.9. The van der Waals surface area contributed by atoms with Crippen molar-refractivity contribution in [1.82, 2.24) is 15.0 Å². The molecular weight excluding hydrogens is 467 g/mol. The number of carbonyl (C=O) groups is 1. The van der Waals surface area contributed by atoms with Crippen molar-refractivity contribution in [2.75, 3.05) is 58.0 Å². The number of morpholine rings is 1. The molecule has 1 saturated carbocycles. The van der Waals surface area contributed by atoms with Gasteiger partial charge in [-0.25, -0.2) is 4.39 Å². The van der Waals surface area contributed by atoms with Crippen molar-refractivity contribution in [3.8, 4) is 5.75 Å². The van der Waals surface area contributed by atoms with E-state index in [1.54, 1.807) is 24.1 Å². The molecule has 9 nitrogen and oxygen atoms in total. The van der Waals surface area contributed by atoms with Crippen molar-refractivity contribution < 1.29 is 27.9 Å². The Morgan fingerprint density at radius 2 is 2.00 bits per heavy atom. The number of aromatic nitrogens is 2. The second-order valence-corrected chi connectivity index (χ2v) is 9.97. The Balaban J connectivity index is 1.01. The van der Waals surface area contributed by atoms with Crippen LogP contribution in [0, 0.1) is 23.6 Å². The van der Waals surface area contributed by atoms with E-state index in [9.17, 15) is 9.18 Å². The molecule has 1 aromatic heterocycles. The van der Waals surface area contributed by atoms with Crippen molar-refractivity contribution in [2.45, 2.75) is 38.7 Å². The van der Waals surface area contributed by atoms with Crippen LogP contribution in [-0.4, -0.2) is 74.1 Å². The molecule has 1 aliphatic carbocycles. The van der Waals surface area contributed by atoms with Crippen LogP contribution in [0.2, 0.25) is 0 Å². The van der Waals surface area contributed by atoms with Crippen LogP contribution in [0.15, 0.2) is 22.7 Å². The van der Waals surface area contributed by atoms with Crippen LogP contribution < -0.4 is 9.64 Å². The molecule has 10 heteroatoms. The third-order valence-corrected chi connectivity index (χ3v) is 7.61. The fraction of sp³-hybridized carbons (Fsp3) is 0.654. The van der Waals surface area contributed by atoms with Gasteiger partial charge in [-0.3, -0.25) is 4.79 Å². The second kappa shape index (κ2) is 11.6. The van der Waals surface area contributed by atoms with Crippen molar-refractivity contribution >= 4 is 11.9 Å². The minimum atomic E-state index is -0.388. The normalized spacial score (nSPS) is 22.6. The van der Waals surface area contributed by atoms with E-state index in [1.807, 2.05) is 0 Å². The summed E-state index contributed by atoms with van der Waals surface area (Å²) >= 11 is 0. The highest BCUT2D eigenvalue weighted by Gasteiger charge is 2.43. The Hall–Kier alpha value is -2.72. The molecule has 2 aromatic rings. The van der Waals surface area contributed by atoms with Gasteiger partial charge in [-0.2, -0.15) is 4.98 Å². The molecule has 3 fully saturated rings. The number of hydrogen-bond acceptors (Lipinski definition) is 8. The van der Waals surface area contributed by atoms with Gasteiger partial charge < -0.3 is 28.5 Å². The number of halogens is 1. The van der Waals surface area contributed by atoms with Gasteiger partial charge in [0, 0.05) is 39.4 Å². The van der Waals surface area contributed by atoms with Crippen LogP contribution in [0.4, 0.5) is 10.4 Å². The van der Waals surface area contributed by atoms with Gasteiger partial charge in [-0.05, 0) is 55.1 Å². The van der Waals surface area contributed by atoms with Crippen LogP contribution >= 0.6 is 0 Å². The molecule has 5 rings (SSSR count). The van der Waals surface area contributed by atoms with Gasteiger partial charge in [0.2, 0.25) is 5.91 Å². The lowest BCUT2D eigenvalue weighted by Crippen LogP contribution is -2.41. The summed E-state index contributed by atoms with van der Waals surface area (Å²) in [5.41, 5.74) is 0.405. The highest BCUT2D eigenvalue weighted by molar-refractivity contribution is 5.79. The average Bonchev–Trinajstić information content (AvgIpc) is 3.52. The first-order chi connectivity index (χ1) is 17.6. The topological polar surface area (TPSA) is 90.2 Å². The Morgan fingerprint density at radius 3 is 2.75 bits per heavy atom. The van der Waals surface area contributed by atoms with E-state index in [4.69, 9.17) is 18.7 Å². The number of nitrogens with zero attached hydrogens (tertiary/aromatic N) is 4. The molecule has 3 heterocycles. The monoisotopic (exact) mass is 502 g/mol. The first-order valence-corrected chi connectivity index (χ1v) is 12.9. The lowest BCUT2D eigenvalue weighted by atomic mass is 9.90. The number of anilines is 1. The molecule has 3 aliphatic rings. The molecule has 0 bridgehead atoms. The molecule has 0 N–H and O–H groups in total. The summed E-state index contributed by atoms with van der Waals surface area (Å²) in [5, 5.41) is 3.95. The van der Waals surface area contributed by atoms with Gasteiger partial charge >= 0.3 is 6.01 Å². The number of amides is 1. The molecule has 2 saturated heterocycles. The maximum absolute atomic E-state index is 14.6. The third-order valence-electron chi connectivity index (χ3n) is 7.61. The van der Waals surface area contributed by atoms with Gasteiger partial charge in [0.05, 0.1) is 26.2 Å². The van der Waals surface area contributed by atoms with Crippen molar-refractivity contribution in [3.05, 3.63) is 35.4 Å². The van der Waals surface area contributed by atoms with E-state index in [0.29, 0.717) is 74.5 Å². The van der Waals surface area contributed by atoms with Crippen LogP contribution in [0.25, 0.3) is 0 Å². The highest BCUT2D eigenvalue weighted by atomic mass is 19.1. The summed E-state index contributed by atoms with van der Waals surface area (Å²) in [7, 11) is 1.62. The van der Waals surface area contributed by atoms with Gasteiger partial charge in [-0.15, -0.1) is 0 Å². The third kappa shape index (κ3) is 6.15. The SMILES string of the molecule is COCc1noc(N2CCC(C3C[C@H]3CCOc3ccc(CC(=O)N4CCOCC4)c(F)c3)CC2)n1. The van der Waals surface area contributed by atoms with E-state index >= 15 is 0 Å². The minimum absolute atomic E-state index is 0.0650. The molecule has 2 aliphatic heterocycles. The largest absolute Gasteiger partial charge is 0.493 e. The van der Waals surface area contributed by atoms with Gasteiger partial charge in [-0.1, -0.05) is 11.2 Å². The molecule has 1 amide bonds. The Labute approximate surface area is 210 Å². The fourth-order valence-corrected chi connectivity index (χ4v) is 5.44. The van der Waals surface area contributed by atoms with E-state index in [2.05, 4.69) is 15.0 Å². The zero-order valence-corrected chi connectivity index (χ0v) is 20.9. The van der Waals surface area contributed by atoms with E-state index < -0.39 is 0 Å². The number of carbonyl (C=O) groups excluding carboxylic acids is 1. The zero-order valence-electron chi connectivity index (χ0n) is 20.9. The maximum Gasteiger partial charge on any atom is 0.324 e. The number of piperidine rings is 1. The Morgan fingerprint density at radius 1 is 1.19 bits per heavy atom. The molecule has 0 spiro atoms. The molecule has 196 valence electrons. The van der Waals surface area contributed by atoms with E-state index in [0.717, 1.165) is 38.3 Å². The molecule has 0 radical (unpaired) electrons. The van der Waals surface area contributed by atoms with E-state index in [-0.39, 0.29) is 18.1 Å². The zero-order chi connectivity index (χ0) is 24.9. The van der Waals surface area contributed by atoms with Gasteiger partial charge in [0.1, 0.15) is 18.2 Å². The summed E-state index contributed by atoms with van der Waals surface area (Å²) in [4.78, 5) is 20.7. The number of methoxy groups -OCH3 is 1. The van der Waals surface area contributed by atoms with E-state index in [1.165, 1.54) is 12.5 Å². The Bertz CT molecular complexity index is 1020. The molecule has 1 aromatic carbocycles. The highest BCUT2D eigenvalue weighted by Crippen LogP contribution is 2.50. The van der Waals surface area contributed by atoms with Crippen molar-refractivity contribution in [3.63, 3.8) is 0 Å². The number of hydrogen-bond donors (Lipinski definition) is 0. The number of rotatable bonds is 10. The standard InChI is InChI=1S/C26H35FN4O5/c1-33-17-24-28-26(36-29-24)31-7-4-18(5-8-31)22-14-19(22)6-11-35-21-3-2-20(23(27)16-21)15-25(32)30-9-12-34-13-10-30/h2-3,16,18-19,22H,4-15,17H2,1H3/t19-,22?/m1/s1. The number of benzene rings is 1. The Kier molecular flexibility index (Phi) is 8.01. The molecule has 1 unspecified atom stereocenters. The maximum atomic E-state index is 14.6. The number of ether oxygens (including phenoxy) is 3. The summed E-state index contributed by atoms with van der Waals surface area (Å²) in [6, 6.07) is 5.42. The molecular formula is C26H35FN4O5. The summed E-state index contributed by atoms with van der Waals surface area (Å²) in [5.74, 6) is 2.78. The summed E-state index contributed by atoms with van der Waals surface area (Å²) < 4.78 is 36.1. The van der Waals surface area contributed by atoms with Crippen LogP contribution in [0.1, 0.15) is 37.1 Å². The fourth-order valence-electron chi connectivity index (χ4n) is 5.44.